The van der Waals surface area contributed by atoms with Crippen molar-refractivity contribution in [3.63, 3.8) is 0 Å². The Morgan fingerprint density at radius 1 is 1.05 bits per heavy atom. The molecule has 20 heavy (non-hydrogen) atoms. The molecule has 1 aromatic carbocycles. The molecule has 3 nitrogen and oxygen atoms in total. The number of likely N-dealkylation sites (N-methyl/N-ethyl adjacent to an activating group) is 1. The molecule has 0 bridgehead atoms. The van der Waals surface area contributed by atoms with E-state index in [-0.39, 0.29) is 5.91 Å². The van der Waals surface area contributed by atoms with Crippen LogP contribution in [0, 0.1) is 13.8 Å². The van der Waals surface area contributed by atoms with Crippen LogP contribution in [0.15, 0.2) is 18.2 Å². The van der Waals surface area contributed by atoms with Crippen molar-refractivity contribution >= 4 is 11.6 Å². The van der Waals surface area contributed by atoms with Gasteiger partial charge in [0.2, 0.25) is 5.91 Å². The molecule has 0 aliphatic carbocycles. The fraction of sp³-hybridized carbons (Fsp3) is 0.588. The zero-order valence-electron chi connectivity index (χ0n) is 13.0. The number of nitrogens with zero attached hydrogens (tertiary/aromatic N) is 2. The van der Waals surface area contributed by atoms with E-state index in [1.54, 1.807) is 0 Å². The van der Waals surface area contributed by atoms with Crippen LogP contribution in [0.5, 0.6) is 0 Å². The third kappa shape index (κ3) is 3.99. The van der Waals surface area contributed by atoms with Gasteiger partial charge < -0.3 is 9.80 Å². The second-order valence-electron chi connectivity index (χ2n) is 6.00. The van der Waals surface area contributed by atoms with Gasteiger partial charge in [-0.15, -0.1) is 0 Å². The molecule has 110 valence electrons. The second kappa shape index (κ2) is 6.78. The topological polar surface area (TPSA) is 23.6 Å². The first-order valence-corrected chi connectivity index (χ1v) is 7.63. The van der Waals surface area contributed by atoms with E-state index in [2.05, 4.69) is 36.9 Å². The van der Waals surface area contributed by atoms with Crippen molar-refractivity contribution in [2.75, 3.05) is 31.6 Å². The van der Waals surface area contributed by atoms with Crippen molar-refractivity contribution in [2.24, 2.45) is 0 Å². The Hall–Kier alpha value is -1.51. The minimum absolute atomic E-state index is 0.258. The smallest absolute Gasteiger partial charge is 0.242 e. The van der Waals surface area contributed by atoms with Crippen LogP contribution < -0.4 is 4.90 Å². The summed E-state index contributed by atoms with van der Waals surface area (Å²) in [5, 5.41) is 0. The maximum Gasteiger partial charge on any atom is 0.242 e. The third-order valence-corrected chi connectivity index (χ3v) is 3.98. The first-order valence-electron chi connectivity index (χ1n) is 7.63. The molecule has 0 spiro atoms. The van der Waals surface area contributed by atoms with Crippen LogP contribution >= 0.6 is 0 Å². The monoisotopic (exact) mass is 274 g/mol. The number of amides is 1. The molecule has 0 radical (unpaired) electrons. The molecule has 1 aliphatic rings. The lowest BCUT2D eigenvalue weighted by molar-refractivity contribution is -0.129. The van der Waals surface area contributed by atoms with E-state index in [9.17, 15) is 4.79 Å². The number of benzene rings is 1. The molecule has 0 aromatic heterocycles. The van der Waals surface area contributed by atoms with Crippen LogP contribution in [0.3, 0.4) is 0 Å². The number of likely N-dealkylation sites (tertiary alicyclic amines) is 1. The van der Waals surface area contributed by atoms with E-state index in [1.807, 2.05) is 11.9 Å². The third-order valence-electron chi connectivity index (χ3n) is 3.98. The first-order chi connectivity index (χ1) is 9.56. The van der Waals surface area contributed by atoms with Gasteiger partial charge >= 0.3 is 0 Å². The largest absolute Gasteiger partial charge is 0.365 e. The summed E-state index contributed by atoms with van der Waals surface area (Å²) in [6.45, 7) is 6.53. The SMILES string of the molecule is Cc1cc(C)cc(N(C)CC(=O)N2CCCCCC2)c1. The van der Waals surface area contributed by atoms with Crippen LogP contribution in [0.2, 0.25) is 0 Å². The molecule has 0 atom stereocenters. The van der Waals surface area contributed by atoms with Crippen molar-refractivity contribution in [1.82, 2.24) is 4.90 Å². The number of carbonyl (C=O) groups is 1. The number of anilines is 1. The summed E-state index contributed by atoms with van der Waals surface area (Å²) in [7, 11) is 2.00. The maximum atomic E-state index is 12.4. The highest BCUT2D eigenvalue weighted by Crippen LogP contribution is 2.18. The van der Waals surface area contributed by atoms with E-state index in [0.717, 1.165) is 31.6 Å². The summed E-state index contributed by atoms with van der Waals surface area (Å²) in [5.41, 5.74) is 3.62. The van der Waals surface area contributed by atoms with Crippen molar-refractivity contribution < 1.29 is 4.79 Å². The summed E-state index contributed by atoms with van der Waals surface area (Å²) >= 11 is 0. The van der Waals surface area contributed by atoms with Gasteiger partial charge in [0.15, 0.2) is 0 Å². The van der Waals surface area contributed by atoms with E-state index < -0.39 is 0 Å². The quantitative estimate of drug-likeness (QED) is 0.845. The Kier molecular flexibility index (Phi) is 5.05. The van der Waals surface area contributed by atoms with E-state index in [1.165, 1.54) is 24.0 Å². The Bertz CT molecular complexity index is 442. The lowest BCUT2D eigenvalue weighted by atomic mass is 10.1. The van der Waals surface area contributed by atoms with Gasteiger partial charge in [0.25, 0.3) is 0 Å². The molecule has 1 saturated heterocycles. The van der Waals surface area contributed by atoms with Crippen LogP contribution in [-0.2, 0) is 4.79 Å². The number of hydrogen-bond acceptors (Lipinski definition) is 2. The van der Waals surface area contributed by atoms with E-state index in [4.69, 9.17) is 0 Å². The Morgan fingerprint density at radius 2 is 1.60 bits per heavy atom. The predicted octanol–water partition coefficient (Wildman–Crippen LogP) is 3.14. The molecule has 0 saturated carbocycles. The van der Waals surface area contributed by atoms with Gasteiger partial charge in [0.05, 0.1) is 6.54 Å². The summed E-state index contributed by atoms with van der Waals surface area (Å²) in [6.07, 6.45) is 4.82. The van der Waals surface area contributed by atoms with Crippen LogP contribution in [0.25, 0.3) is 0 Å². The zero-order chi connectivity index (χ0) is 14.5. The number of carbonyl (C=O) groups excluding carboxylic acids is 1. The number of rotatable bonds is 3. The second-order valence-corrected chi connectivity index (χ2v) is 6.00. The standard InChI is InChI=1S/C17H26N2O/c1-14-10-15(2)12-16(11-14)18(3)13-17(20)19-8-6-4-5-7-9-19/h10-12H,4-9,13H2,1-3H3. The van der Waals surface area contributed by atoms with Crippen LogP contribution in [0.4, 0.5) is 5.69 Å². The molecule has 0 N–H and O–H groups in total. The number of hydrogen-bond donors (Lipinski definition) is 0. The van der Waals surface area contributed by atoms with Gasteiger partial charge in [-0.1, -0.05) is 18.9 Å². The van der Waals surface area contributed by atoms with Gasteiger partial charge in [0, 0.05) is 25.8 Å². The lowest BCUT2D eigenvalue weighted by Gasteiger charge is -2.25. The van der Waals surface area contributed by atoms with Crippen molar-refractivity contribution in [2.45, 2.75) is 39.5 Å². The summed E-state index contributed by atoms with van der Waals surface area (Å²) in [6, 6.07) is 6.44. The van der Waals surface area contributed by atoms with Crippen molar-refractivity contribution in [3.05, 3.63) is 29.3 Å². The maximum absolute atomic E-state index is 12.4. The highest BCUT2D eigenvalue weighted by molar-refractivity contribution is 5.81. The Labute approximate surface area is 122 Å². The molecule has 0 unspecified atom stereocenters. The highest BCUT2D eigenvalue weighted by Gasteiger charge is 2.17. The minimum atomic E-state index is 0.258. The fourth-order valence-corrected chi connectivity index (χ4v) is 2.89. The van der Waals surface area contributed by atoms with Crippen LogP contribution in [-0.4, -0.2) is 37.5 Å². The molecule has 1 amide bonds. The first kappa shape index (κ1) is 14.9. The van der Waals surface area contributed by atoms with Gasteiger partial charge in [-0.05, 0) is 49.9 Å². The van der Waals surface area contributed by atoms with Gasteiger partial charge in [-0.3, -0.25) is 4.79 Å². The predicted molar refractivity (Wildman–Crippen MR) is 84.2 cm³/mol. The number of aryl methyl sites for hydroxylation is 2. The minimum Gasteiger partial charge on any atom is -0.365 e. The van der Waals surface area contributed by atoms with E-state index >= 15 is 0 Å². The zero-order valence-corrected chi connectivity index (χ0v) is 13.0. The molecule has 1 aromatic rings. The van der Waals surface area contributed by atoms with E-state index in [0.29, 0.717) is 6.54 Å². The average Bonchev–Trinajstić information content (AvgIpc) is 2.66. The molecule has 1 aliphatic heterocycles. The molecular weight excluding hydrogens is 248 g/mol. The molecule has 1 heterocycles. The summed E-state index contributed by atoms with van der Waals surface area (Å²) in [5.74, 6) is 0.258. The molecule has 3 heteroatoms. The van der Waals surface area contributed by atoms with Gasteiger partial charge in [-0.25, -0.2) is 0 Å². The summed E-state index contributed by atoms with van der Waals surface area (Å²) in [4.78, 5) is 16.5. The fourth-order valence-electron chi connectivity index (χ4n) is 2.89. The Balaban J connectivity index is 1.99. The highest BCUT2D eigenvalue weighted by atomic mass is 16.2. The van der Waals surface area contributed by atoms with Crippen molar-refractivity contribution in [1.29, 1.82) is 0 Å². The van der Waals surface area contributed by atoms with Gasteiger partial charge in [-0.2, -0.15) is 0 Å². The summed E-state index contributed by atoms with van der Waals surface area (Å²) < 4.78 is 0. The average molecular weight is 274 g/mol. The molecule has 1 fully saturated rings. The van der Waals surface area contributed by atoms with Crippen molar-refractivity contribution in [3.8, 4) is 0 Å². The van der Waals surface area contributed by atoms with Crippen LogP contribution in [0.1, 0.15) is 36.8 Å². The van der Waals surface area contributed by atoms with Gasteiger partial charge in [0.1, 0.15) is 0 Å². The lowest BCUT2D eigenvalue weighted by Crippen LogP contribution is -2.39. The molecule has 2 rings (SSSR count). The molecular formula is C17H26N2O. The normalized spacial score (nSPS) is 15.8. The Morgan fingerprint density at radius 3 is 2.15 bits per heavy atom.